The lowest BCUT2D eigenvalue weighted by molar-refractivity contribution is 0.0546. The maximum atomic E-state index is 9.44. The molecule has 2 rings (SSSR count). The number of nitrogens with one attached hydrogen (secondary N) is 1. The summed E-state index contributed by atoms with van der Waals surface area (Å²) in [6.07, 6.45) is 1.96. The largest absolute Gasteiger partial charge is 0.508 e. The summed E-state index contributed by atoms with van der Waals surface area (Å²) in [5.74, 6) is 0.945. The van der Waals surface area contributed by atoms with Gasteiger partial charge in [0, 0.05) is 6.07 Å². The Bertz CT molecular complexity index is 375. The molecule has 0 aromatic heterocycles. The van der Waals surface area contributed by atoms with Crippen molar-refractivity contribution < 1.29 is 9.84 Å². The Balaban J connectivity index is 2.15. The van der Waals surface area contributed by atoms with Crippen LogP contribution in [0.25, 0.3) is 0 Å². The van der Waals surface area contributed by atoms with Crippen LogP contribution >= 0.6 is 15.9 Å². The van der Waals surface area contributed by atoms with Gasteiger partial charge in [-0.25, -0.2) is 0 Å². The van der Waals surface area contributed by atoms with Crippen LogP contribution < -0.4 is 10.1 Å². The van der Waals surface area contributed by atoms with E-state index in [2.05, 4.69) is 28.2 Å². The zero-order valence-electron chi connectivity index (χ0n) is 9.29. The summed E-state index contributed by atoms with van der Waals surface area (Å²) in [6.45, 7) is 4.07. The number of ether oxygens (including phenoxy) is 1. The second-order valence-corrected chi connectivity index (χ2v) is 5.27. The molecule has 88 valence electrons. The van der Waals surface area contributed by atoms with E-state index < -0.39 is 0 Å². The van der Waals surface area contributed by atoms with Crippen molar-refractivity contribution in [1.29, 1.82) is 0 Å². The quantitative estimate of drug-likeness (QED) is 0.878. The number of piperidine rings is 1. The maximum Gasteiger partial charge on any atom is 0.137 e. The van der Waals surface area contributed by atoms with Crippen LogP contribution in [0.5, 0.6) is 11.5 Å². The number of rotatable bonds is 2. The summed E-state index contributed by atoms with van der Waals surface area (Å²) in [5, 5.41) is 12.7. The average molecular weight is 286 g/mol. The molecular weight excluding hydrogens is 270 g/mol. The van der Waals surface area contributed by atoms with E-state index in [-0.39, 0.29) is 11.4 Å². The highest BCUT2D eigenvalue weighted by molar-refractivity contribution is 9.10. The summed E-state index contributed by atoms with van der Waals surface area (Å²) in [5.41, 5.74) is -0.137. The van der Waals surface area contributed by atoms with E-state index in [1.54, 1.807) is 18.2 Å². The number of hydrogen-bond donors (Lipinski definition) is 2. The Hall–Kier alpha value is -0.740. The first-order valence-corrected chi connectivity index (χ1v) is 6.27. The van der Waals surface area contributed by atoms with Crippen LogP contribution in [0.4, 0.5) is 0 Å². The summed E-state index contributed by atoms with van der Waals surface area (Å²) >= 11 is 3.43. The maximum absolute atomic E-state index is 9.44. The molecule has 3 nitrogen and oxygen atoms in total. The topological polar surface area (TPSA) is 41.5 Å². The number of phenols is 1. The van der Waals surface area contributed by atoms with Gasteiger partial charge in [0.05, 0.1) is 4.47 Å². The van der Waals surface area contributed by atoms with E-state index in [4.69, 9.17) is 4.74 Å². The minimum Gasteiger partial charge on any atom is -0.508 e. The molecule has 1 aliphatic heterocycles. The van der Waals surface area contributed by atoms with E-state index in [9.17, 15) is 5.11 Å². The number of halogens is 1. The van der Waals surface area contributed by atoms with Gasteiger partial charge in [-0.05, 0) is 60.9 Å². The average Bonchev–Trinajstić information content (AvgIpc) is 2.24. The first-order valence-electron chi connectivity index (χ1n) is 5.47. The lowest BCUT2D eigenvalue weighted by Crippen LogP contribution is -2.43. The number of benzene rings is 1. The van der Waals surface area contributed by atoms with Gasteiger partial charge in [0.2, 0.25) is 0 Å². The Morgan fingerprint density at radius 3 is 2.75 bits per heavy atom. The summed E-state index contributed by atoms with van der Waals surface area (Å²) in [7, 11) is 0. The van der Waals surface area contributed by atoms with Gasteiger partial charge in [-0.1, -0.05) is 0 Å². The lowest BCUT2D eigenvalue weighted by Gasteiger charge is -2.35. The molecule has 0 saturated carbocycles. The van der Waals surface area contributed by atoms with Crippen LogP contribution in [0.3, 0.4) is 0 Å². The van der Waals surface area contributed by atoms with Crippen LogP contribution in [-0.4, -0.2) is 23.8 Å². The van der Waals surface area contributed by atoms with Crippen molar-refractivity contribution in [3.63, 3.8) is 0 Å². The van der Waals surface area contributed by atoms with Gasteiger partial charge >= 0.3 is 0 Å². The van der Waals surface area contributed by atoms with Crippen LogP contribution in [0.1, 0.15) is 19.8 Å². The number of hydrogen-bond acceptors (Lipinski definition) is 3. The molecule has 0 unspecified atom stereocenters. The van der Waals surface area contributed by atoms with Crippen molar-refractivity contribution in [2.45, 2.75) is 25.4 Å². The standard InChI is InChI=1S/C12H16BrNO2/c1-12(4-6-14-7-5-12)16-11-8-9(15)2-3-10(11)13/h2-3,8,14-15H,4-7H2,1H3. The van der Waals surface area contributed by atoms with Crippen molar-refractivity contribution in [3.8, 4) is 11.5 Å². The Morgan fingerprint density at radius 2 is 2.06 bits per heavy atom. The molecule has 1 aromatic rings. The molecule has 1 heterocycles. The molecule has 16 heavy (non-hydrogen) atoms. The molecular formula is C12H16BrNO2. The van der Waals surface area contributed by atoms with Crippen molar-refractivity contribution in [2.75, 3.05) is 13.1 Å². The highest BCUT2D eigenvalue weighted by atomic mass is 79.9. The third-order valence-corrected chi connectivity index (χ3v) is 3.59. The Labute approximate surface area is 104 Å². The first-order chi connectivity index (χ1) is 7.59. The molecule has 1 aliphatic rings. The molecule has 1 fully saturated rings. The van der Waals surface area contributed by atoms with E-state index in [0.717, 1.165) is 30.4 Å². The lowest BCUT2D eigenvalue weighted by atomic mass is 9.94. The van der Waals surface area contributed by atoms with E-state index >= 15 is 0 Å². The molecule has 0 spiro atoms. The molecule has 0 radical (unpaired) electrons. The minimum absolute atomic E-state index is 0.137. The predicted octanol–water partition coefficient (Wildman–Crippen LogP) is 2.68. The monoisotopic (exact) mass is 285 g/mol. The molecule has 1 aromatic carbocycles. The van der Waals surface area contributed by atoms with Gasteiger partial charge in [-0.2, -0.15) is 0 Å². The van der Waals surface area contributed by atoms with Crippen molar-refractivity contribution in [3.05, 3.63) is 22.7 Å². The minimum atomic E-state index is -0.137. The van der Waals surface area contributed by atoms with Gasteiger partial charge in [0.25, 0.3) is 0 Å². The molecule has 0 aliphatic carbocycles. The van der Waals surface area contributed by atoms with Crippen molar-refractivity contribution >= 4 is 15.9 Å². The third kappa shape index (κ3) is 2.68. The van der Waals surface area contributed by atoms with E-state index in [0.29, 0.717) is 5.75 Å². The zero-order valence-corrected chi connectivity index (χ0v) is 10.9. The molecule has 0 amide bonds. The van der Waals surface area contributed by atoms with Gasteiger partial charge in [-0.3, -0.25) is 0 Å². The Kier molecular flexibility index (Phi) is 3.40. The van der Waals surface area contributed by atoms with Crippen molar-refractivity contribution in [1.82, 2.24) is 5.32 Å². The second kappa shape index (κ2) is 4.63. The molecule has 0 atom stereocenters. The molecule has 4 heteroatoms. The SMILES string of the molecule is CC1(Oc2cc(O)ccc2Br)CCNCC1. The highest BCUT2D eigenvalue weighted by Crippen LogP contribution is 2.34. The van der Waals surface area contributed by atoms with Crippen LogP contribution in [0.2, 0.25) is 0 Å². The third-order valence-electron chi connectivity index (χ3n) is 2.93. The summed E-state index contributed by atoms with van der Waals surface area (Å²) in [4.78, 5) is 0. The molecule has 2 N–H and O–H groups in total. The van der Waals surface area contributed by atoms with Gasteiger partial charge in [0.15, 0.2) is 0 Å². The molecule has 1 saturated heterocycles. The fourth-order valence-corrected chi connectivity index (χ4v) is 2.22. The predicted molar refractivity (Wildman–Crippen MR) is 66.9 cm³/mol. The van der Waals surface area contributed by atoms with Crippen LogP contribution in [-0.2, 0) is 0 Å². The second-order valence-electron chi connectivity index (χ2n) is 4.42. The summed E-state index contributed by atoms with van der Waals surface area (Å²) in [6, 6.07) is 5.09. The fraction of sp³-hybridized carbons (Fsp3) is 0.500. The van der Waals surface area contributed by atoms with E-state index in [1.807, 2.05) is 0 Å². The zero-order chi connectivity index (χ0) is 11.6. The smallest absolute Gasteiger partial charge is 0.137 e. The van der Waals surface area contributed by atoms with Gasteiger partial charge in [0.1, 0.15) is 17.1 Å². The number of aromatic hydroxyl groups is 1. The first kappa shape index (κ1) is 11.7. The summed E-state index contributed by atoms with van der Waals surface area (Å²) < 4.78 is 6.89. The van der Waals surface area contributed by atoms with Crippen molar-refractivity contribution in [2.24, 2.45) is 0 Å². The fourth-order valence-electron chi connectivity index (χ4n) is 1.89. The Morgan fingerprint density at radius 1 is 1.38 bits per heavy atom. The normalized spacial score (nSPS) is 19.4. The molecule has 0 bridgehead atoms. The van der Waals surface area contributed by atoms with Gasteiger partial charge in [-0.15, -0.1) is 0 Å². The van der Waals surface area contributed by atoms with Crippen LogP contribution in [0, 0.1) is 0 Å². The van der Waals surface area contributed by atoms with Gasteiger partial charge < -0.3 is 15.2 Å². The van der Waals surface area contributed by atoms with Crippen LogP contribution in [0.15, 0.2) is 22.7 Å². The number of phenolic OH excluding ortho intramolecular Hbond substituents is 1. The highest BCUT2D eigenvalue weighted by Gasteiger charge is 2.29. The van der Waals surface area contributed by atoms with E-state index in [1.165, 1.54) is 0 Å².